The Morgan fingerprint density at radius 1 is 1.15 bits per heavy atom. The Bertz CT molecular complexity index is 647. The Balaban J connectivity index is 2.25. The summed E-state index contributed by atoms with van der Waals surface area (Å²) in [5.74, 6) is -0.400. The van der Waals surface area contributed by atoms with Crippen LogP contribution < -0.4 is 4.74 Å². The number of hydrogen-bond donors (Lipinski definition) is 0. The van der Waals surface area contributed by atoms with Crippen molar-refractivity contribution in [2.75, 3.05) is 7.11 Å². The number of methoxy groups -OCH3 is 1. The molecule has 0 saturated heterocycles. The molecule has 2 aromatic carbocycles. The summed E-state index contributed by atoms with van der Waals surface area (Å²) in [6.07, 6.45) is 0.0333. The molecule has 0 aliphatic rings. The third kappa shape index (κ3) is 2.87. The van der Waals surface area contributed by atoms with E-state index in [9.17, 15) is 9.18 Å². The highest BCUT2D eigenvalue weighted by atomic mass is 19.1. The molecule has 0 bridgehead atoms. The van der Waals surface area contributed by atoms with Gasteiger partial charge in [-0.15, -0.1) is 0 Å². The van der Waals surface area contributed by atoms with Crippen molar-refractivity contribution in [3.05, 3.63) is 64.5 Å². The van der Waals surface area contributed by atoms with Gasteiger partial charge in [0.15, 0.2) is 17.3 Å². The summed E-state index contributed by atoms with van der Waals surface area (Å²) in [7, 11) is 1.41. The number of halogens is 1. The van der Waals surface area contributed by atoms with Crippen LogP contribution in [0.4, 0.5) is 4.39 Å². The molecule has 0 aliphatic carbocycles. The zero-order valence-electron chi connectivity index (χ0n) is 11.9. The molecule has 104 valence electrons. The lowest BCUT2D eigenvalue weighted by atomic mass is 9.99. The van der Waals surface area contributed by atoms with Crippen molar-refractivity contribution < 1.29 is 13.9 Å². The first-order valence-corrected chi connectivity index (χ1v) is 6.44. The van der Waals surface area contributed by atoms with E-state index in [0.29, 0.717) is 11.1 Å². The summed E-state index contributed by atoms with van der Waals surface area (Å²) in [4.78, 5) is 12.2. The van der Waals surface area contributed by atoms with Gasteiger partial charge in [0.1, 0.15) is 0 Å². The first kappa shape index (κ1) is 14.3. The molecule has 0 aliphatic heterocycles. The minimum atomic E-state index is -0.466. The molecule has 0 amide bonds. The normalized spacial score (nSPS) is 10.4. The van der Waals surface area contributed by atoms with E-state index >= 15 is 0 Å². The summed E-state index contributed by atoms with van der Waals surface area (Å²) < 4.78 is 18.9. The first-order chi connectivity index (χ1) is 9.52. The number of benzene rings is 2. The van der Waals surface area contributed by atoms with Crippen molar-refractivity contribution >= 4 is 5.78 Å². The Morgan fingerprint density at radius 3 is 2.55 bits per heavy atom. The monoisotopic (exact) mass is 272 g/mol. The SMILES string of the molecule is COc1cccc(CC(=O)c2ccc(C)c(C)c2)c1F. The van der Waals surface area contributed by atoms with Gasteiger partial charge in [0.2, 0.25) is 0 Å². The molecule has 0 heterocycles. The van der Waals surface area contributed by atoms with Gasteiger partial charge in [-0.05, 0) is 42.7 Å². The van der Waals surface area contributed by atoms with Gasteiger partial charge in [0, 0.05) is 12.0 Å². The zero-order chi connectivity index (χ0) is 14.7. The van der Waals surface area contributed by atoms with Gasteiger partial charge in [-0.25, -0.2) is 4.39 Å². The van der Waals surface area contributed by atoms with Crippen LogP contribution in [0, 0.1) is 19.7 Å². The number of carbonyl (C=O) groups is 1. The molecule has 0 spiro atoms. The molecule has 0 radical (unpaired) electrons. The van der Waals surface area contributed by atoms with Crippen molar-refractivity contribution in [2.45, 2.75) is 20.3 Å². The van der Waals surface area contributed by atoms with Crippen molar-refractivity contribution in [3.8, 4) is 5.75 Å². The molecule has 0 saturated carbocycles. The smallest absolute Gasteiger partial charge is 0.168 e. The van der Waals surface area contributed by atoms with E-state index in [1.807, 2.05) is 26.0 Å². The third-order valence-electron chi connectivity index (χ3n) is 3.44. The Labute approximate surface area is 118 Å². The summed E-state index contributed by atoms with van der Waals surface area (Å²) in [5.41, 5.74) is 3.15. The van der Waals surface area contributed by atoms with E-state index in [4.69, 9.17) is 4.74 Å². The standard InChI is InChI=1S/C17H17FO2/c1-11-7-8-13(9-12(11)2)15(19)10-14-5-4-6-16(20-3)17(14)18/h4-9H,10H2,1-3H3. The second-order valence-electron chi connectivity index (χ2n) is 4.83. The number of Topliss-reactive ketones (excluding diaryl/α,β-unsaturated/α-hetero) is 1. The lowest BCUT2D eigenvalue weighted by molar-refractivity contribution is 0.0991. The van der Waals surface area contributed by atoms with E-state index in [-0.39, 0.29) is 18.0 Å². The minimum absolute atomic E-state index is 0.0333. The van der Waals surface area contributed by atoms with Crippen LogP contribution in [0.25, 0.3) is 0 Å². The van der Waals surface area contributed by atoms with Gasteiger partial charge in [0.25, 0.3) is 0 Å². The molecule has 0 fully saturated rings. The van der Waals surface area contributed by atoms with E-state index in [1.54, 1.807) is 24.3 Å². The highest BCUT2D eigenvalue weighted by molar-refractivity contribution is 5.97. The highest BCUT2D eigenvalue weighted by Gasteiger charge is 2.14. The number of aryl methyl sites for hydroxylation is 2. The van der Waals surface area contributed by atoms with Gasteiger partial charge < -0.3 is 4.74 Å². The van der Waals surface area contributed by atoms with Crippen LogP contribution >= 0.6 is 0 Å². The van der Waals surface area contributed by atoms with E-state index in [2.05, 4.69) is 0 Å². The maximum atomic E-state index is 14.0. The van der Waals surface area contributed by atoms with Gasteiger partial charge in [-0.2, -0.15) is 0 Å². The van der Waals surface area contributed by atoms with Crippen LogP contribution in [-0.4, -0.2) is 12.9 Å². The van der Waals surface area contributed by atoms with Gasteiger partial charge in [-0.1, -0.05) is 24.3 Å². The second kappa shape index (κ2) is 5.87. The number of carbonyl (C=O) groups excluding carboxylic acids is 1. The van der Waals surface area contributed by atoms with Crippen LogP contribution in [0.1, 0.15) is 27.0 Å². The lowest BCUT2D eigenvalue weighted by Crippen LogP contribution is -2.06. The quantitative estimate of drug-likeness (QED) is 0.790. The lowest BCUT2D eigenvalue weighted by Gasteiger charge is -2.08. The number of rotatable bonds is 4. The Morgan fingerprint density at radius 2 is 1.90 bits per heavy atom. The number of ether oxygens (including phenoxy) is 1. The topological polar surface area (TPSA) is 26.3 Å². The third-order valence-corrected chi connectivity index (χ3v) is 3.44. The number of hydrogen-bond acceptors (Lipinski definition) is 2. The van der Waals surface area contributed by atoms with Crippen molar-refractivity contribution in [1.82, 2.24) is 0 Å². The van der Waals surface area contributed by atoms with E-state index in [0.717, 1.165) is 11.1 Å². The van der Waals surface area contributed by atoms with Crippen LogP contribution in [-0.2, 0) is 6.42 Å². The van der Waals surface area contributed by atoms with Gasteiger partial charge >= 0.3 is 0 Å². The molecule has 20 heavy (non-hydrogen) atoms. The van der Waals surface area contributed by atoms with Crippen LogP contribution in [0.3, 0.4) is 0 Å². The van der Waals surface area contributed by atoms with Gasteiger partial charge in [-0.3, -0.25) is 4.79 Å². The average molecular weight is 272 g/mol. The molecular weight excluding hydrogens is 255 g/mol. The molecule has 0 N–H and O–H groups in total. The summed E-state index contributed by atoms with van der Waals surface area (Å²) in [6.45, 7) is 3.95. The minimum Gasteiger partial charge on any atom is -0.494 e. The summed E-state index contributed by atoms with van der Waals surface area (Å²) >= 11 is 0. The zero-order valence-corrected chi connectivity index (χ0v) is 11.9. The predicted molar refractivity (Wildman–Crippen MR) is 76.9 cm³/mol. The highest BCUT2D eigenvalue weighted by Crippen LogP contribution is 2.21. The maximum Gasteiger partial charge on any atom is 0.168 e. The summed E-state index contributed by atoms with van der Waals surface area (Å²) in [6, 6.07) is 10.4. The predicted octanol–water partition coefficient (Wildman–Crippen LogP) is 3.88. The molecular formula is C17H17FO2. The van der Waals surface area contributed by atoms with E-state index in [1.165, 1.54) is 7.11 Å². The molecule has 0 aromatic heterocycles. The second-order valence-corrected chi connectivity index (χ2v) is 4.83. The maximum absolute atomic E-state index is 14.0. The Kier molecular flexibility index (Phi) is 4.18. The molecule has 2 rings (SSSR count). The van der Waals surface area contributed by atoms with Crippen LogP contribution in [0.2, 0.25) is 0 Å². The average Bonchev–Trinajstić information content (AvgIpc) is 2.44. The molecule has 0 unspecified atom stereocenters. The van der Waals surface area contributed by atoms with E-state index < -0.39 is 5.82 Å². The molecule has 2 nitrogen and oxygen atoms in total. The Hall–Kier alpha value is -2.16. The first-order valence-electron chi connectivity index (χ1n) is 6.44. The van der Waals surface area contributed by atoms with Gasteiger partial charge in [0.05, 0.1) is 7.11 Å². The molecule has 2 aromatic rings. The van der Waals surface area contributed by atoms with Crippen LogP contribution in [0.5, 0.6) is 5.75 Å². The molecule has 0 atom stereocenters. The van der Waals surface area contributed by atoms with Crippen molar-refractivity contribution in [2.24, 2.45) is 0 Å². The number of ketones is 1. The fourth-order valence-electron chi connectivity index (χ4n) is 2.04. The summed E-state index contributed by atoms with van der Waals surface area (Å²) in [5, 5.41) is 0. The molecule has 3 heteroatoms. The van der Waals surface area contributed by atoms with Crippen molar-refractivity contribution in [1.29, 1.82) is 0 Å². The van der Waals surface area contributed by atoms with Crippen LogP contribution in [0.15, 0.2) is 36.4 Å². The fraction of sp³-hybridized carbons (Fsp3) is 0.235. The van der Waals surface area contributed by atoms with Crippen molar-refractivity contribution in [3.63, 3.8) is 0 Å². The fourth-order valence-corrected chi connectivity index (χ4v) is 2.04. The largest absolute Gasteiger partial charge is 0.494 e.